The minimum atomic E-state index is -1.12. The van der Waals surface area contributed by atoms with Gasteiger partial charge in [0.2, 0.25) is 17.7 Å². The van der Waals surface area contributed by atoms with Gasteiger partial charge < -0.3 is 20.6 Å². The Kier molecular flexibility index (Phi) is 14.9. The monoisotopic (exact) mass is 607 g/mol. The summed E-state index contributed by atoms with van der Waals surface area (Å²) in [6, 6.07) is -1.72. The van der Waals surface area contributed by atoms with Gasteiger partial charge in [0, 0.05) is 24.9 Å². The Balaban J connectivity index is 2.43. The molecule has 42 heavy (non-hydrogen) atoms. The number of likely N-dealkylation sites (N-methyl/N-ethyl adjacent to an activating group) is 1. The van der Waals surface area contributed by atoms with Crippen LogP contribution in [0.1, 0.15) is 121 Å². The van der Waals surface area contributed by atoms with Crippen molar-refractivity contribution in [1.29, 1.82) is 0 Å². The molecule has 0 aromatic carbocycles. The summed E-state index contributed by atoms with van der Waals surface area (Å²) in [5, 5.41) is 17.5. The summed E-state index contributed by atoms with van der Waals surface area (Å²) in [6.45, 7) is 13.1. The second-order valence-corrected chi connectivity index (χ2v) is 13.0. The predicted molar refractivity (Wildman–Crippen MR) is 166 cm³/mol. The number of hydrogen-bond acceptors (Lipinski definition) is 7. The quantitative estimate of drug-likeness (QED) is 0.216. The van der Waals surface area contributed by atoms with Crippen molar-refractivity contribution in [3.63, 3.8) is 0 Å². The average Bonchev–Trinajstić information content (AvgIpc) is 3.44. The highest BCUT2D eigenvalue weighted by Crippen LogP contribution is 2.29. The number of carboxylic acid groups (broad SMARTS) is 1. The van der Waals surface area contributed by atoms with Gasteiger partial charge >= 0.3 is 5.97 Å². The zero-order chi connectivity index (χ0) is 31.4. The molecule has 2 rings (SSSR count). The van der Waals surface area contributed by atoms with Gasteiger partial charge in [-0.05, 0) is 51.1 Å². The standard InChI is InChI=1S/C31H53N5O5S/c1-8-10-11-13-17-36(30(39)27(21(5)9-2)34-28(38)25-15-12-14-16-35(25)7)26(20(3)4)18-23(32-22(6)37)29-33-24(19-42-29)31(40)41/h19-21,23,25-27H,8-18H2,1-7H3,(H,32,37)(H,34,38)(H,40,41)/t21-,23+,25+,26+,27-/m0/s1. The number of carbonyl (C=O) groups is 4. The summed E-state index contributed by atoms with van der Waals surface area (Å²) in [5.74, 6) is -1.60. The van der Waals surface area contributed by atoms with Gasteiger partial charge in [-0.15, -0.1) is 11.3 Å². The van der Waals surface area contributed by atoms with Crippen LogP contribution in [0.15, 0.2) is 5.38 Å². The summed E-state index contributed by atoms with van der Waals surface area (Å²) in [5.41, 5.74) is -0.0637. The van der Waals surface area contributed by atoms with Crippen LogP contribution in [-0.2, 0) is 14.4 Å². The lowest BCUT2D eigenvalue weighted by atomic mass is 9.91. The molecule has 0 spiro atoms. The number of carboxylic acids is 1. The van der Waals surface area contributed by atoms with Crippen molar-refractivity contribution in [2.75, 3.05) is 20.1 Å². The van der Waals surface area contributed by atoms with Gasteiger partial charge in [-0.1, -0.05) is 66.7 Å². The van der Waals surface area contributed by atoms with E-state index in [1.54, 1.807) is 0 Å². The Labute approximate surface area is 256 Å². The van der Waals surface area contributed by atoms with Gasteiger partial charge in [-0.25, -0.2) is 9.78 Å². The highest BCUT2D eigenvalue weighted by atomic mass is 32.1. The van der Waals surface area contributed by atoms with Crippen LogP contribution in [0.25, 0.3) is 0 Å². The van der Waals surface area contributed by atoms with Gasteiger partial charge in [0.25, 0.3) is 0 Å². The first kappa shape index (κ1) is 35.7. The minimum Gasteiger partial charge on any atom is -0.476 e. The highest BCUT2D eigenvalue weighted by Gasteiger charge is 2.38. The van der Waals surface area contributed by atoms with Crippen LogP contribution in [0.2, 0.25) is 0 Å². The van der Waals surface area contributed by atoms with Gasteiger partial charge in [-0.2, -0.15) is 0 Å². The maximum Gasteiger partial charge on any atom is 0.355 e. The molecular weight excluding hydrogens is 554 g/mol. The number of nitrogens with zero attached hydrogens (tertiary/aromatic N) is 3. The molecule has 0 saturated carbocycles. The maximum atomic E-state index is 14.5. The molecule has 1 aliphatic rings. The second-order valence-electron chi connectivity index (χ2n) is 12.1. The molecule has 0 radical (unpaired) electrons. The molecule has 2 heterocycles. The van der Waals surface area contributed by atoms with Gasteiger partial charge in [-0.3, -0.25) is 19.3 Å². The van der Waals surface area contributed by atoms with E-state index in [1.807, 2.05) is 25.8 Å². The van der Waals surface area contributed by atoms with E-state index < -0.39 is 18.1 Å². The fourth-order valence-electron chi connectivity index (χ4n) is 5.68. The third kappa shape index (κ3) is 10.3. The molecule has 0 aliphatic carbocycles. The Bertz CT molecular complexity index is 1030. The summed E-state index contributed by atoms with van der Waals surface area (Å²) in [6.07, 6.45) is 7.93. The van der Waals surface area contributed by atoms with E-state index in [1.165, 1.54) is 23.6 Å². The van der Waals surface area contributed by atoms with Crippen LogP contribution in [0, 0.1) is 11.8 Å². The molecule has 3 amide bonds. The van der Waals surface area contributed by atoms with Crippen LogP contribution < -0.4 is 10.6 Å². The van der Waals surface area contributed by atoms with Gasteiger partial charge in [0.15, 0.2) is 5.69 Å². The van der Waals surface area contributed by atoms with Crippen LogP contribution in [0.4, 0.5) is 0 Å². The first-order valence-electron chi connectivity index (χ1n) is 15.7. The number of amides is 3. The molecule has 1 fully saturated rings. The van der Waals surface area contributed by atoms with Crippen molar-refractivity contribution in [1.82, 2.24) is 25.4 Å². The first-order chi connectivity index (χ1) is 19.9. The number of piperidine rings is 1. The van der Waals surface area contributed by atoms with Crippen molar-refractivity contribution in [2.45, 2.75) is 123 Å². The van der Waals surface area contributed by atoms with Gasteiger partial charge in [0.05, 0.1) is 12.1 Å². The van der Waals surface area contributed by atoms with E-state index >= 15 is 0 Å². The summed E-state index contributed by atoms with van der Waals surface area (Å²) in [4.78, 5) is 60.0. The second kappa shape index (κ2) is 17.6. The number of rotatable bonds is 17. The van der Waals surface area contributed by atoms with Crippen molar-refractivity contribution in [2.24, 2.45) is 11.8 Å². The van der Waals surface area contributed by atoms with Gasteiger partial charge in [0.1, 0.15) is 11.0 Å². The van der Waals surface area contributed by atoms with Crippen LogP contribution in [0.3, 0.4) is 0 Å². The lowest BCUT2D eigenvalue weighted by Crippen LogP contribution is -2.59. The smallest absolute Gasteiger partial charge is 0.355 e. The normalized spacial score (nSPS) is 18.6. The fraction of sp³-hybridized carbons (Fsp3) is 0.774. The summed E-state index contributed by atoms with van der Waals surface area (Å²) in [7, 11) is 1.97. The zero-order valence-electron chi connectivity index (χ0n) is 26.6. The summed E-state index contributed by atoms with van der Waals surface area (Å²) < 4.78 is 0. The molecular formula is C31H53N5O5S. The molecule has 238 valence electrons. The van der Waals surface area contributed by atoms with Crippen LogP contribution in [0.5, 0.6) is 0 Å². The number of thiazole rings is 1. The molecule has 1 saturated heterocycles. The number of aromatic carboxylic acids is 1. The predicted octanol–water partition coefficient (Wildman–Crippen LogP) is 4.86. The van der Waals surface area contributed by atoms with E-state index in [9.17, 15) is 24.3 Å². The first-order valence-corrected chi connectivity index (χ1v) is 16.6. The van der Waals surface area contributed by atoms with Crippen molar-refractivity contribution in [3.8, 4) is 0 Å². The molecule has 5 atom stereocenters. The molecule has 11 heteroatoms. The summed E-state index contributed by atoms with van der Waals surface area (Å²) >= 11 is 1.19. The third-order valence-corrected chi connectivity index (χ3v) is 9.41. The molecule has 1 aromatic rings. The molecule has 0 unspecified atom stereocenters. The van der Waals surface area contributed by atoms with Crippen molar-refractivity contribution in [3.05, 3.63) is 16.1 Å². The SMILES string of the molecule is CCCCCCN(C(=O)[C@@H](NC(=O)[C@H]1CCCCN1C)[C@@H](C)CC)[C@H](C[C@@H](NC(C)=O)c1nc(C(=O)O)cs1)C(C)C. The lowest BCUT2D eigenvalue weighted by molar-refractivity contribution is -0.142. The topological polar surface area (TPSA) is 132 Å². The molecule has 10 nitrogen and oxygen atoms in total. The number of unbranched alkanes of at least 4 members (excludes halogenated alkanes) is 3. The lowest BCUT2D eigenvalue weighted by Gasteiger charge is -2.40. The van der Waals surface area contributed by atoms with Crippen molar-refractivity contribution >= 4 is 35.0 Å². The highest BCUT2D eigenvalue weighted by molar-refractivity contribution is 7.09. The Morgan fingerprint density at radius 1 is 1.12 bits per heavy atom. The number of aromatic nitrogens is 1. The molecule has 1 aromatic heterocycles. The van der Waals surface area contributed by atoms with E-state index in [-0.39, 0.29) is 47.3 Å². The zero-order valence-corrected chi connectivity index (χ0v) is 27.5. The van der Waals surface area contributed by atoms with E-state index in [0.717, 1.165) is 57.9 Å². The maximum absolute atomic E-state index is 14.5. The van der Waals surface area contributed by atoms with Crippen LogP contribution in [-0.4, -0.2) is 81.8 Å². The Hall–Kier alpha value is -2.53. The average molecular weight is 608 g/mol. The van der Waals surface area contributed by atoms with Crippen LogP contribution >= 0.6 is 11.3 Å². The van der Waals surface area contributed by atoms with E-state index in [2.05, 4.69) is 41.3 Å². The minimum absolute atomic E-state index is 0.0352. The number of likely N-dealkylation sites (tertiary alicyclic amines) is 1. The number of carbonyl (C=O) groups excluding carboxylic acids is 3. The third-order valence-electron chi connectivity index (χ3n) is 8.45. The Morgan fingerprint density at radius 2 is 1.83 bits per heavy atom. The molecule has 3 N–H and O–H groups in total. The number of hydrogen-bond donors (Lipinski definition) is 3. The van der Waals surface area contributed by atoms with E-state index in [4.69, 9.17) is 0 Å². The molecule has 0 bridgehead atoms. The molecule has 1 aliphatic heterocycles. The Morgan fingerprint density at radius 3 is 2.38 bits per heavy atom. The largest absolute Gasteiger partial charge is 0.476 e. The number of nitrogens with one attached hydrogen (secondary N) is 2. The van der Waals surface area contributed by atoms with Crippen molar-refractivity contribution < 1.29 is 24.3 Å². The van der Waals surface area contributed by atoms with E-state index in [0.29, 0.717) is 18.0 Å². The fourth-order valence-corrected chi connectivity index (χ4v) is 6.54.